The highest BCUT2D eigenvalue weighted by molar-refractivity contribution is 7.83. The highest BCUT2D eigenvalue weighted by Gasteiger charge is 2.44. The number of nitrogens with one attached hydrogen (secondary N) is 1. The molecule has 3 rings (SSSR count). The summed E-state index contributed by atoms with van der Waals surface area (Å²) in [5.41, 5.74) is -6.11. The first kappa shape index (κ1) is 27.0. The lowest BCUT2D eigenvalue weighted by atomic mass is 9.96. The van der Waals surface area contributed by atoms with E-state index in [1.165, 1.54) is 23.1 Å². The zero-order valence-electron chi connectivity index (χ0n) is 19.1. The Morgan fingerprint density at radius 3 is 2.31 bits per heavy atom. The van der Waals surface area contributed by atoms with Crippen molar-refractivity contribution < 1.29 is 40.1 Å². The van der Waals surface area contributed by atoms with Gasteiger partial charge in [0.1, 0.15) is 23.1 Å². The van der Waals surface area contributed by atoms with Crippen molar-refractivity contribution in [1.82, 2.24) is 9.62 Å². The molecule has 0 radical (unpaired) electrons. The van der Waals surface area contributed by atoms with Gasteiger partial charge in [0.15, 0.2) is 11.0 Å². The van der Waals surface area contributed by atoms with E-state index in [0.717, 1.165) is 12.1 Å². The number of carbonyl (C=O) groups is 1. The van der Waals surface area contributed by atoms with Gasteiger partial charge in [0, 0.05) is 24.2 Å². The SMILES string of the molecule is CC(C)(C)OC(=O)N1CC[C@H](NS(=O)C(F)(F)F)[C@@H]1Cc1cccc(-c2cc(F)cc(F)c2)c1F. The normalized spacial score (nSPS) is 19.6. The van der Waals surface area contributed by atoms with Crippen molar-refractivity contribution >= 4 is 17.1 Å². The molecule has 1 fully saturated rings. The van der Waals surface area contributed by atoms with E-state index in [1.807, 2.05) is 4.72 Å². The van der Waals surface area contributed by atoms with E-state index in [2.05, 4.69) is 0 Å². The molecule has 1 aliphatic rings. The van der Waals surface area contributed by atoms with Crippen LogP contribution in [0.5, 0.6) is 0 Å². The van der Waals surface area contributed by atoms with Crippen molar-refractivity contribution in [2.45, 2.75) is 56.8 Å². The summed E-state index contributed by atoms with van der Waals surface area (Å²) in [7, 11) is -3.40. The first-order valence-electron chi connectivity index (χ1n) is 10.6. The van der Waals surface area contributed by atoms with E-state index in [-0.39, 0.29) is 36.1 Å². The largest absolute Gasteiger partial charge is 0.485 e. The number of hydrogen-bond acceptors (Lipinski definition) is 3. The van der Waals surface area contributed by atoms with E-state index in [9.17, 15) is 31.0 Å². The maximum Gasteiger partial charge on any atom is 0.485 e. The molecule has 3 atom stereocenters. The molecule has 1 aliphatic heterocycles. The molecule has 1 saturated heterocycles. The Balaban J connectivity index is 1.95. The quantitative estimate of drug-likeness (QED) is 0.531. The number of nitrogens with zero attached hydrogens (tertiary/aromatic N) is 1. The van der Waals surface area contributed by atoms with Gasteiger partial charge in [0.2, 0.25) is 0 Å². The van der Waals surface area contributed by atoms with Gasteiger partial charge in [-0.2, -0.15) is 13.2 Å². The maximum absolute atomic E-state index is 15.4. The number of ether oxygens (including phenoxy) is 1. The highest BCUT2D eigenvalue weighted by Crippen LogP contribution is 2.31. The molecule has 192 valence electrons. The van der Waals surface area contributed by atoms with Crippen LogP contribution in [0.25, 0.3) is 11.1 Å². The average molecular weight is 523 g/mol. The highest BCUT2D eigenvalue weighted by atomic mass is 32.2. The Hall–Kier alpha value is -2.60. The Bertz CT molecular complexity index is 1100. The lowest BCUT2D eigenvalue weighted by Crippen LogP contribution is -2.49. The van der Waals surface area contributed by atoms with Gasteiger partial charge in [-0.05, 0) is 56.9 Å². The lowest BCUT2D eigenvalue weighted by molar-refractivity contribution is -0.0397. The van der Waals surface area contributed by atoms with Gasteiger partial charge in [0.25, 0.3) is 0 Å². The summed E-state index contributed by atoms with van der Waals surface area (Å²) in [6.07, 6.45) is -1.06. The van der Waals surface area contributed by atoms with Crippen LogP contribution in [-0.2, 0) is 22.1 Å². The van der Waals surface area contributed by atoms with E-state index in [4.69, 9.17) is 4.74 Å². The van der Waals surface area contributed by atoms with Crippen molar-refractivity contribution in [3.05, 3.63) is 59.4 Å². The number of amides is 1. The van der Waals surface area contributed by atoms with Gasteiger partial charge in [-0.1, -0.05) is 18.2 Å². The fourth-order valence-electron chi connectivity index (χ4n) is 3.89. The van der Waals surface area contributed by atoms with E-state index in [1.54, 1.807) is 20.8 Å². The topological polar surface area (TPSA) is 58.6 Å². The molecule has 0 saturated carbocycles. The molecule has 12 heteroatoms. The lowest BCUT2D eigenvalue weighted by Gasteiger charge is -2.31. The van der Waals surface area contributed by atoms with Crippen LogP contribution in [0.1, 0.15) is 32.8 Å². The third-order valence-corrected chi connectivity index (χ3v) is 6.26. The maximum atomic E-state index is 15.4. The summed E-state index contributed by atoms with van der Waals surface area (Å²) in [4.78, 5) is 13.9. The minimum atomic E-state index is -5.03. The molecule has 0 bridgehead atoms. The predicted octanol–water partition coefficient (Wildman–Crippen LogP) is 5.46. The fraction of sp³-hybridized carbons (Fsp3) is 0.435. The van der Waals surface area contributed by atoms with Gasteiger partial charge in [0.05, 0.1) is 6.04 Å². The number of hydrogen-bond donors (Lipinski definition) is 1. The Morgan fingerprint density at radius 1 is 1.11 bits per heavy atom. The monoisotopic (exact) mass is 522 g/mol. The molecule has 1 amide bonds. The molecule has 2 aromatic carbocycles. The molecule has 0 aromatic heterocycles. The van der Waals surface area contributed by atoms with Gasteiger partial charge in [-0.25, -0.2) is 26.9 Å². The van der Waals surface area contributed by atoms with Crippen LogP contribution in [0.4, 0.5) is 31.1 Å². The van der Waals surface area contributed by atoms with E-state index in [0.29, 0.717) is 6.07 Å². The smallest absolute Gasteiger partial charge is 0.444 e. The second kappa shape index (κ2) is 10.2. The molecule has 1 heterocycles. The number of carbonyl (C=O) groups excluding carboxylic acids is 1. The van der Waals surface area contributed by atoms with Crippen molar-refractivity contribution in [3.8, 4) is 11.1 Å². The molecule has 35 heavy (non-hydrogen) atoms. The summed E-state index contributed by atoms with van der Waals surface area (Å²) in [5, 5.41) is 0. The first-order valence-corrected chi connectivity index (χ1v) is 11.8. The molecular formula is C23H24F6N2O3S. The number of likely N-dealkylation sites (tertiary alicyclic amines) is 1. The number of halogens is 6. The minimum absolute atomic E-state index is 0.00257. The van der Waals surface area contributed by atoms with Gasteiger partial charge < -0.3 is 9.64 Å². The molecule has 0 aliphatic carbocycles. The van der Waals surface area contributed by atoms with Crippen LogP contribution in [0, 0.1) is 17.5 Å². The first-order chi connectivity index (χ1) is 16.2. The summed E-state index contributed by atoms with van der Waals surface area (Å²) in [6.45, 7) is 4.84. The Morgan fingerprint density at radius 2 is 1.74 bits per heavy atom. The zero-order valence-corrected chi connectivity index (χ0v) is 19.9. The average Bonchev–Trinajstić information content (AvgIpc) is 3.09. The van der Waals surface area contributed by atoms with Crippen LogP contribution in [0.2, 0.25) is 0 Å². The Labute approximate surface area is 201 Å². The van der Waals surface area contributed by atoms with E-state index < -0.39 is 57.7 Å². The van der Waals surface area contributed by atoms with Gasteiger partial charge in [-0.15, -0.1) is 0 Å². The fourth-order valence-corrected chi connectivity index (χ4v) is 4.57. The number of benzene rings is 2. The van der Waals surface area contributed by atoms with Crippen LogP contribution >= 0.6 is 0 Å². The minimum Gasteiger partial charge on any atom is -0.444 e. The van der Waals surface area contributed by atoms with Crippen molar-refractivity contribution in [1.29, 1.82) is 0 Å². The molecule has 5 nitrogen and oxygen atoms in total. The van der Waals surface area contributed by atoms with Crippen molar-refractivity contribution in [3.63, 3.8) is 0 Å². The molecule has 1 N–H and O–H groups in total. The molecular weight excluding hydrogens is 498 g/mol. The summed E-state index contributed by atoms with van der Waals surface area (Å²) in [5.74, 6) is -2.66. The summed E-state index contributed by atoms with van der Waals surface area (Å²) >= 11 is 0. The Kier molecular flexibility index (Phi) is 7.85. The van der Waals surface area contributed by atoms with Gasteiger partial charge in [-0.3, -0.25) is 0 Å². The third kappa shape index (κ3) is 6.75. The second-order valence-electron chi connectivity index (χ2n) is 9.11. The molecule has 0 spiro atoms. The third-order valence-electron chi connectivity index (χ3n) is 5.32. The summed E-state index contributed by atoms with van der Waals surface area (Å²) < 4.78 is 101. The number of rotatable bonds is 5. The summed E-state index contributed by atoms with van der Waals surface area (Å²) in [6, 6.07) is 4.51. The van der Waals surface area contributed by atoms with E-state index >= 15 is 4.39 Å². The van der Waals surface area contributed by atoms with Crippen LogP contribution in [-0.4, -0.2) is 44.9 Å². The van der Waals surface area contributed by atoms with Crippen LogP contribution < -0.4 is 4.72 Å². The van der Waals surface area contributed by atoms with Crippen molar-refractivity contribution in [2.24, 2.45) is 0 Å². The van der Waals surface area contributed by atoms with Gasteiger partial charge >= 0.3 is 11.6 Å². The predicted molar refractivity (Wildman–Crippen MR) is 118 cm³/mol. The standard InChI is InChI=1S/C23H24F6N2O3S/c1-22(2,3)34-21(32)31-8-7-18(30-35(33)23(27,28)29)19(31)11-13-5-4-6-17(20(13)26)14-9-15(24)12-16(25)10-14/h4-6,9-10,12,18-19,30H,7-8,11H2,1-3H3/t18-,19-,35?/m0/s1. The van der Waals surface area contributed by atoms with Crippen LogP contribution in [0.15, 0.2) is 36.4 Å². The zero-order chi connectivity index (χ0) is 26.1. The van der Waals surface area contributed by atoms with Crippen molar-refractivity contribution in [2.75, 3.05) is 6.54 Å². The van der Waals surface area contributed by atoms with Crippen LogP contribution in [0.3, 0.4) is 0 Å². The number of alkyl halides is 3. The molecule has 2 aromatic rings. The molecule has 1 unspecified atom stereocenters. The second-order valence-corrected chi connectivity index (χ2v) is 10.3.